The second kappa shape index (κ2) is 12.4. The summed E-state index contributed by atoms with van der Waals surface area (Å²) in [4.78, 5) is 15.5. The zero-order valence-electron chi connectivity index (χ0n) is 31.0. The lowest BCUT2D eigenvalue weighted by molar-refractivity contribution is 0.660. The first-order valence-corrected chi connectivity index (χ1v) is 19.1. The van der Waals surface area contributed by atoms with Crippen LogP contribution in [0.15, 0.2) is 180 Å². The fraction of sp³-hybridized carbons (Fsp3) is 0.0577. The van der Waals surface area contributed by atoms with Gasteiger partial charge in [-0.25, -0.2) is 15.0 Å². The highest BCUT2D eigenvalue weighted by Gasteiger charge is 2.35. The van der Waals surface area contributed by atoms with Gasteiger partial charge in [-0.15, -0.1) is 0 Å². The van der Waals surface area contributed by atoms with Gasteiger partial charge in [0.1, 0.15) is 11.2 Å². The van der Waals surface area contributed by atoms with Gasteiger partial charge in [-0.3, -0.25) is 0 Å². The largest absolute Gasteiger partial charge is 0.455 e. The number of rotatable bonds is 5. The van der Waals surface area contributed by atoms with Crippen molar-refractivity contribution in [1.29, 1.82) is 0 Å². The van der Waals surface area contributed by atoms with Crippen LogP contribution >= 0.6 is 0 Å². The van der Waals surface area contributed by atoms with Gasteiger partial charge in [0.05, 0.1) is 0 Å². The average Bonchev–Trinajstić information content (AvgIpc) is 3.75. The Hall–Kier alpha value is -7.17. The molecule has 2 aromatic heterocycles. The Kier molecular flexibility index (Phi) is 7.17. The number of benzene rings is 8. The number of fused-ring (bicyclic) bond motifs is 8. The maximum Gasteiger partial charge on any atom is 0.164 e. The molecule has 4 nitrogen and oxygen atoms in total. The molecule has 0 amide bonds. The summed E-state index contributed by atoms with van der Waals surface area (Å²) < 4.78 is 6.74. The summed E-state index contributed by atoms with van der Waals surface area (Å²) >= 11 is 0. The molecule has 2 heterocycles. The third-order valence-corrected chi connectivity index (χ3v) is 11.5. The van der Waals surface area contributed by atoms with Gasteiger partial charge >= 0.3 is 0 Å². The van der Waals surface area contributed by atoms with Crippen molar-refractivity contribution in [2.75, 3.05) is 0 Å². The lowest BCUT2D eigenvalue weighted by atomic mass is 9.82. The Labute approximate surface area is 324 Å². The third kappa shape index (κ3) is 5.10. The molecular formula is C52H35N3O. The highest BCUT2D eigenvalue weighted by Crippen LogP contribution is 2.49. The van der Waals surface area contributed by atoms with Gasteiger partial charge in [0.25, 0.3) is 0 Å². The summed E-state index contributed by atoms with van der Waals surface area (Å²) in [7, 11) is 0. The van der Waals surface area contributed by atoms with Crippen molar-refractivity contribution in [3.8, 4) is 67.5 Å². The van der Waals surface area contributed by atoms with Crippen molar-refractivity contribution in [1.82, 2.24) is 15.0 Å². The Morgan fingerprint density at radius 1 is 0.357 bits per heavy atom. The topological polar surface area (TPSA) is 51.8 Å². The van der Waals surface area contributed by atoms with E-state index in [9.17, 15) is 0 Å². The Balaban J connectivity index is 1.08. The summed E-state index contributed by atoms with van der Waals surface area (Å²) in [6.07, 6.45) is 0. The quantitative estimate of drug-likeness (QED) is 0.178. The summed E-state index contributed by atoms with van der Waals surface area (Å²) in [5.41, 5.74) is 14.1. The molecule has 0 saturated heterocycles. The normalized spacial score (nSPS) is 13.0. The monoisotopic (exact) mass is 717 g/mol. The molecule has 264 valence electrons. The predicted molar refractivity (Wildman–Crippen MR) is 229 cm³/mol. The van der Waals surface area contributed by atoms with Crippen LogP contribution in [0, 0.1) is 0 Å². The van der Waals surface area contributed by atoms with Crippen LogP contribution in [0.3, 0.4) is 0 Å². The minimum absolute atomic E-state index is 0.148. The van der Waals surface area contributed by atoms with Crippen molar-refractivity contribution in [2.24, 2.45) is 0 Å². The van der Waals surface area contributed by atoms with E-state index in [0.717, 1.165) is 55.0 Å². The fourth-order valence-electron chi connectivity index (χ4n) is 8.64. The van der Waals surface area contributed by atoms with E-state index in [2.05, 4.69) is 184 Å². The fourth-order valence-corrected chi connectivity index (χ4v) is 8.64. The van der Waals surface area contributed by atoms with Gasteiger partial charge in [0.15, 0.2) is 17.5 Å². The standard InChI is InChI=1S/C52H35N3O/c1-52(2)45-20-12-11-18-39(45)40-27-25-36(29-46(40)52)50-53-49(35-23-21-33(22-24-35)32-13-5-3-6-14-32)54-51(55-50)37-26-28-41-44-31-43(34-15-7-4-8-16-34)38-17-9-10-19-42(38)48(44)56-47(41)30-37/h3-31H,1-2H3. The maximum absolute atomic E-state index is 6.74. The molecule has 56 heavy (non-hydrogen) atoms. The van der Waals surface area contributed by atoms with Gasteiger partial charge in [-0.1, -0.05) is 166 Å². The van der Waals surface area contributed by atoms with E-state index >= 15 is 0 Å². The van der Waals surface area contributed by atoms with E-state index in [1.165, 1.54) is 38.9 Å². The molecule has 0 bridgehead atoms. The maximum atomic E-state index is 6.74. The van der Waals surface area contributed by atoms with Crippen LogP contribution < -0.4 is 0 Å². The number of nitrogens with zero attached hydrogens (tertiary/aromatic N) is 3. The zero-order chi connectivity index (χ0) is 37.4. The van der Waals surface area contributed by atoms with E-state index < -0.39 is 0 Å². The Morgan fingerprint density at radius 2 is 0.893 bits per heavy atom. The molecule has 0 N–H and O–H groups in total. The van der Waals surface area contributed by atoms with E-state index in [0.29, 0.717) is 17.5 Å². The van der Waals surface area contributed by atoms with E-state index in [-0.39, 0.29) is 5.41 Å². The van der Waals surface area contributed by atoms with Gasteiger partial charge in [-0.05, 0) is 74.2 Å². The van der Waals surface area contributed by atoms with E-state index in [4.69, 9.17) is 19.4 Å². The molecule has 11 rings (SSSR count). The first kappa shape index (κ1) is 32.3. The molecule has 8 aromatic carbocycles. The van der Waals surface area contributed by atoms with E-state index in [1.807, 2.05) is 6.07 Å². The Bertz CT molecular complexity index is 3140. The van der Waals surface area contributed by atoms with Crippen molar-refractivity contribution in [2.45, 2.75) is 19.3 Å². The molecule has 1 aliphatic carbocycles. The van der Waals surface area contributed by atoms with Gasteiger partial charge in [0, 0.05) is 38.3 Å². The SMILES string of the molecule is CC1(C)c2ccccc2-c2ccc(-c3nc(-c4ccc(-c5ccccc5)cc4)nc(-c4ccc5c(c4)oc4c6ccccc6c(-c6ccccc6)cc54)n3)cc21. The number of aromatic nitrogens is 3. The molecule has 1 aliphatic rings. The van der Waals surface area contributed by atoms with Crippen LogP contribution in [-0.4, -0.2) is 15.0 Å². The minimum Gasteiger partial charge on any atom is -0.455 e. The highest BCUT2D eigenvalue weighted by atomic mass is 16.3. The molecule has 0 fully saturated rings. The first-order valence-electron chi connectivity index (χ1n) is 19.1. The third-order valence-electron chi connectivity index (χ3n) is 11.5. The summed E-state index contributed by atoms with van der Waals surface area (Å²) in [5, 5.41) is 4.39. The van der Waals surface area contributed by atoms with Gasteiger partial charge < -0.3 is 4.42 Å². The lowest BCUT2D eigenvalue weighted by Crippen LogP contribution is -2.15. The van der Waals surface area contributed by atoms with E-state index in [1.54, 1.807) is 0 Å². The Morgan fingerprint density at radius 3 is 1.64 bits per heavy atom. The lowest BCUT2D eigenvalue weighted by Gasteiger charge is -2.21. The zero-order valence-corrected chi connectivity index (χ0v) is 31.0. The molecule has 0 radical (unpaired) electrons. The first-order chi connectivity index (χ1) is 27.5. The van der Waals surface area contributed by atoms with Crippen LogP contribution in [0.5, 0.6) is 0 Å². The number of hydrogen-bond acceptors (Lipinski definition) is 4. The van der Waals surface area contributed by atoms with Gasteiger partial charge in [0.2, 0.25) is 0 Å². The minimum atomic E-state index is -0.148. The molecule has 4 heteroatoms. The van der Waals surface area contributed by atoms with Crippen LogP contribution in [0.1, 0.15) is 25.0 Å². The summed E-state index contributed by atoms with van der Waals surface area (Å²) in [5.74, 6) is 1.85. The van der Waals surface area contributed by atoms with Crippen molar-refractivity contribution >= 4 is 32.7 Å². The molecule has 0 aliphatic heterocycles. The molecule has 10 aromatic rings. The molecule has 0 saturated carbocycles. The van der Waals surface area contributed by atoms with Crippen molar-refractivity contribution < 1.29 is 4.42 Å². The molecule has 0 unspecified atom stereocenters. The van der Waals surface area contributed by atoms with Crippen LogP contribution in [-0.2, 0) is 5.41 Å². The summed E-state index contributed by atoms with van der Waals surface area (Å²) in [6.45, 7) is 4.60. The second-order valence-electron chi connectivity index (χ2n) is 15.2. The molecular weight excluding hydrogens is 683 g/mol. The highest BCUT2D eigenvalue weighted by molar-refractivity contribution is 6.19. The van der Waals surface area contributed by atoms with Crippen LogP contribution in [0.2, 0.25) is 0 Å². The summed E-state index contributed by atoms with van der Waals surface area (Å²) in [6, 6.07) is 61.9. The van der Waals surface area contributed by atoms with Crippen molar-refractivity contribution in [3.05, 3.63) is 187 Å². The predicted octanol–water partition coefficient (Wildman–Crippen LogP) is 13.6. The molecule has 0 spiro atoms. The van der Waals surface area contributed by atoms with Gasteiger partial charge in [-0.2, -0.15) is 0 Å². The van der Waals surface area contributed by atoms with Crippen LogP contribution in [0.25, 0.3) is 100 Å². The molecule has 0 atom stereocenters. The smallest absolute Gasteiger partial charge is 0.164 e. The van der Waals surface area contributed by atoms with Crippen molar-refractivity contribution in [3.63, 3.8) is 0 Å². The number of hydrogen-bond donors (Lipinski definition) is 0. The van der Waals surface area contributed by atoms with Crippen LogP contribution in [0.4, 0.5) is 0 Å². The average molecular weight is 718 g/mol. The number of furan rings is 1. The second-order valence-corrected chi connectivity index (χ2v) is 15.2.